The van der Waals surface area contributed by atoms with Crippen molar-refractivity contribution in [2.45, 2.75) is 42.4 Å². The lowest BCUT2D eigenvalue weighted by Crippen LogP contribution is -1.88. The normalized spacial score (nSPS) is 10.3. The second-order valence-corrected chi connectivity index (χ2v) is 12.7. The molecule has 7 aromatic carbocycles. The monoisotopic (exact) mass is 690 g/mol. The second-order valence-electron chi connectivity index (χ2n) is 11.2. The molecule has 7 rings (SSSR count). The summed E-state index contributed by atoms with van der Waals surface area (Å²) in [5, 5.41) is 0. The van der Waals surface area contributed by atoms with Gasteiger partial charge in [-0.3, -0.25) is 0 Å². The van der Waals surface area contributed by atoms with Crippen molar-refractivity contribution in [1.82, 2.24) is 0 Å². The summed E-state index contributed by atoms with van der Waals surface area (Å²) >= 11 is 13.7. The van der Waals surface area contributed by atoms with Gasteiger partial charge >= 0.3 is 0 Å². The fourth-order valence-corrected chi connectivity index (χ4v) is 6.49. The van der Waals surface area contributed by atoms with Crippen molar-refractivity contribution in [3.8, 4) is 66.8 Å². The van der Waals surface area contributed by atoms with Crippen LogP contribution in [0.2, 0.25) is 0 Å². The maximum Gasteiger partial charge on any atom is 0.00461 e. The van der Waals surface area contributed by atoms with Gasteiger partial charge in [-0.15, -0.1) is 37.9 Å². The van der Waals surface area contributed by atoms with Gasteiger partial charge in [0.25, 0.3) is 0 Å². The van der Waals surface area contributed by atoms with Crippen molar-refractivity contribution in [3.63, 3.8) is 0 Å². The van der Waals surface area contributed by atoms with E-state index in [1.54, 1.807) is 0 Å². The van der Waals surface area contributed by atoms with Crippen molar-refractivity contribution in [2.24, 2.45) is 0 Å². The van der Waals surface area contributed by atoms with Gasteiger partial charge in [-0.1, -0.05) is 119 Å². The van der Waals surface area contributed by atoms with Crippen LogP contribution in [0.5, 0.6) is 0 Å². The van der Waals surface area contributed by atoms with E-state index in [0.29, 0.717) is 0 Å². The van der Waals surface area contributed by atoms with E-state index in [9.17, 15) is 0 Å². The molecule has 0 amide bonds. The number of hydrogen-bond donors (Lipinski definition) is 3. The van der Waals surface area contributed by atoms with E-state index in [2.05, 4.69) is 183 Å². The van der Waals surface area contributed by atoms with E-state index in [0.717, 1.165) is 81.4 Å². The summed E-state index contributed by atoms with van der Waals surface area (Å²) in [7, 11) is 0. The minimum atomic E-state index is 0.953. The first-order valence-electron chi connectivity index (χ1n) is 16.8. The molecule has 0 saturated carbocycles. The van der Waals surface area contributed by atoms with E-state index >= 15 is 0 Å². The van der Waals surface area contributed by atoms with E-state index in [4.69, 9.17) is 0 Å². The Hall–Kier alpha value is -4.41. The highest BCUT2D eigenvalue weighted by Gasteiger charge is 2.11. The molecule has 0 nitrogen and oxygen atoms in total. The highest BCUT2D eigenvalue weighted by atomic mass is 32.1. The van der Waals surface area contributed by atoms with Crippen LogP contribution in [0.15, 0.2) is 178 Å². The molecule has 0 aromatic heterocycles. The highest BCUT2D eigenvalue weighted by molar-refractivity contribution is 7.80. The van der Waals surface area contributed by atoms with Crippen molar-refractivity contribution in [1.29, 1.82) is 0 Å². The molecule has 0 atom stereocenters. The molecule has 0 bridgehead atoms. The van der Waals surface area contributed by atoms with Crippen molar-refractivity contribution >= 4 is 37.9 Å². The zero-order valence-electron chi connectivity index (χ0n) is 28.4. The molecular formula is C46H42S3. The van der Waals surface area contributed by atoms with Gasteiger partial charge < -0.3 is 0 Å². The van der Waals surface area contributed by atoms with Gasteiger partial charge in [0.05, 0.1) is 0 Å². The molecule has 0 radical (unpaired) electrons. The van der Waals surface area contributed by atoms with Gasteiger partial charge in [-0.25, -0.2) is 0 Å². The third-order valence-corrected chi connectivity index (χ3v) is 8.89. The largest absolute Gasteiger partial charge is 0.143 e. The third-order valence-electron chi connectivity index (χ3n) is 8.06. The Balaban J connectivity index is 0.00000113. The molecule has 0 saturated heterocycles. The van der Waals surface area contributed by atoms with Crippen molar-refractivity contribution in [2.75, 3.05) is 0 Å². The summed E-state index contributed by atoms with van der Waals surface area (Å²) in [6.07, 6.45) is 0. The Morgan fingerprint density at radius 2 is 0.388 bits per heavy atom. The molecule has 0 fully saturated rings. The summed E-state index contributed by atoms with van der Waals surface area (Å²) < 4.78 is 0. The van der Waals surface area contributed by atoms with Gasteiger partial charge in [0, 0.05) is 14.7 Å². The van der Waals surface area contributed by atoms with Gasteiger partial charge in [-0.2, -0.15) is 0 Å². The Morgan fingerprint density at radius 3 is 0.612 bits per heavy atom. The fourth-order valence-electron chi connectivity index (χ4n) is 5.82. The smallest absolute Gasteiger partial charge is 0.00461 e. The first kappa shape index (κ1) is 35.9. The van der Waals surface area contributed by atoms with Gasteiger partial charge in [-0.05, 0) is 140 Å². The lowest BCUT2D eigenvalue weighted by molar-refractivity contribution is 1.46. The molecule has 244 valence electrons. The SMILES string of the molecule is CC.CC.Sc1cccc(-c2cccc(-c3cc(-c4cccc(-c5cccc(S)c5)c4)cc(-c4cccc(-c5cccc(S)c5)c4)c3)c2)c1. The zero-order chi connectivity index (χ0) is 34.8. The van der Waals surface area contributed by atoms with E-state index in [1.807, 2.05) is 45.9 Å². The van der Waals surface area contributed by atoms with Crippen molar-refractivity contribution in [3.05, 3.63) is 164 Å². The van der Waals surface area contributed by atoms with Crippen LogP contribution in [-0.2, 0) is 0 Å². The number of thiol groups is 3. The molecule has 49 heavy (non-hydrogen) atoms. The van der Waals surface area contributed by atoms with E-state index in [1.165, 1.54) is 0 Å². The summed E-state index contributed by atoms with van der Waals surface area (Å²) in [4.78, 5) is 2.86. The molecule has 0 aliphatic rings. The molecule has 0 heterocycles. The zero-order valence-corrected chi connectivity index (χ0v) is 31.1. The second kappa shape index (κ2) is 17.3. The van der Waals surface area contributed by atoms with E-state index in [-0.39, 0.29) is 0 Å². The Kier molecular flexibility index (Phi) is 12.7. The quantitative estimate of drug-likeness (QED) is 0.142. The fraction of sp³-hybridized carbons (Fsp3) is 0.0870. The Morgan fingerprint density at radius 1 is 0.224 bits per heavy atom. The molecule has 7 aromatic rings. The Labute approximate surface area is 309 Å². The average Bonchev–Trinajstić information content (AvgIpc) is 3.16. The highest BCUT2D eigenvalue weighted by Crippen LogP contribution is 2.37. The minimum Gasteiger partial charge on any atom is -0.143 e. The standard InChI is InChI=1S/C42H30S3.2C2H6/c43-40-16-4-13-34(25-40)28-7-1-10-31(19-28)37-22-38(32-11-2-8-29(20-32)35-14-5-17-41(44)26-35)24-39(23-37)33-12-3-9-30(21-33)36-15-6-18-42(45)27-36;2*1-2/h1-27,43-45H;2*1-2H3. The van der Waals surface area contributed by atoms with Gasteiger partial charge in [0.1, 0.15) is 0 Å². The lowest BCUT2D eigenvalue weighted by Gasteiger charge is -2.14. The molecular weight excluding hydrogens is 649 g/mol. The topological polar surface area (TPSA) is 0 Å². The van der Waals surface area contributed by atoms with Gasteiger partial charge in [0.15, 0.2) is 0 Å². The predicted molar refractivity (Wildman–Crippen MR) is 224 cm³/mol. The summed E-state index contributed by atoms with van der Waals surface area (Å²) in [6.45, 7) is 8.00. The van der Waals surface area contributed by atoms with Crippen LogP contribution in [0, 0.1) is 0 Å². The molecule has 0 aliphatic heterocycles. The number of rotatable bonds is 6. The van der Waals surface area contributed by atoms with Gasteiger partial charge in [0.2, 0.25) is 0 Å². The first-order valence-corrected chi connectivity index (χ1v) is 18.2. The van der Waals surface area contributed by atoms with Crippen LogP contribution in [0.1, 0.15) is 27.7 Å². The number of benzene rings is 7. The van der Waals surface area contributed by atoms with E-state index < -0.39 is 0 Å². The molecule has 0 N–H and O–H groups in total. The average molecular weight is 691 g/mol. The summed E-state index contributed by atoms with van der Waals surface area (Å²) in [5.41, 5.74) is 13.9. The predicted octanol–water partition coefficient (Wildman–Crippen LogP) is 14.6. The summed E-state index contributed by atoms with van der Waals surface area (Å²) in [6, 6.07) is 58.1. The molecule has 0 spiro atoms. The van der Waals surface area contributed by atoms with Crippen LogP contribution < -0.4 is 0 Å². The lowest BCUT2D eigenvalue weighted by atomic mass is 9.90. The van der Waals surface area contributed by atoms with Crippen LogP contribution >= 0.6 is 37.9 Å². The summed E-state index contributed by atoms with van der Waals surface area (Å²) in [5.74, 6) is 0. The van der Waals surface area contributed by atoms with Crippen LogP contribution in [0.4, 0.5) is 0 Å². The number of hydrogen-bond acceptors (Lipinski definition) is 3. The van der Waals surface area contributed by atoms with Crippen LogP contribution in [0.3, 0.4) is 0 Å². The minimum absolute atomic E-state index is 0.953. The van der Waals surface area contributed by atoms with Crippen LogP contribution in [-0.4, -0.2) is 0 Å². The molecule has 3 heteroatoms. The maximum atomic E-state index is 4.58. The Bertz CT molecular complexity index is 1900. The maximum absolute atomic E-state index is 4.58. The molecule has 0 aliphatic carbocycles. The van der Waals surface area contributed by atoms with Crippen LogP contribution in [0.25, 0.3) is 66.8 Å². The van der Waals surface area contributed by atoms with Crippen molar-refractivity contribution < 1.29 is 0 Å². The first-order chi connectivity index (χ1) is 24.0. The third kappa shape index (κ3) is 8.99. The molecule has 0 unspecified atom stereocenters.